The maximum Gasteiger partial charge on any atom is 0.449 e. The molecule has 0 bridgehead atoms. The summed E-state index contributed by atoms with van der Waals surface area (Å²) in [7, 11) is 0. The summed E-state index contributed by atoms with van der Waals surface area (Å²) in [5.74, 6) is -2.75. The van der Waals surface area contributed by atoms with Crippen LogP contribution in [0, 0.1) is 11.6 Å². The zero-order valence-electron chi connectivity index (χ0n) is 12.3. The molecule has 2 aromatic rings. The Morgan fingerprint density at radius 1 is 1.21 bits per heavy atom. The van der Waals surface area contributed by atoms with Gasteiger partial charge in [0.05, 0.1) is 11.3 Å². The van der Waals surface area contributed by atoms with Gasteiger partial charge in [-0.3, -0.25) is 9.69 Å². The SMILES string of the molecule is O=c1[nH]c(C(F)(F)F)nc2c1CN(Cc1c(F)cccc1F)CC2. The largest absolute Gasteiger partial charge is 0.449 e. The predicted molar refractivity (Wildman–Crippen MR) is 74.0 cm³/mol. The van der Waals surface area contributed by atoms with Crippen LogP contribution in [0.15, 0.2) is 23.0 Å². The molecule has 0 spiro atoms. The highest BCUT2D eigenvalue weighted by Crippen LogP contribution is 2.27. The van der Waals surface area contributed by atoms with Crippen LogP contribution in [0.4, 0.5) is 22.0 Å². The van der Waals surface area contributed by atoms with Crippen molar-refractivity contribution in [3.63, 3.8) is 0 Å². The van der Waals surface area contributed by atoms with Gasteiger partial charge < -0.3 is 4.98 Å². The van der Waals surface area contributed by atoms with Crippen LogP contribution in [0.3, 0.4) is 0 Å². The molecule has 1 aromatic heterocycles. The van der Waals surface area contributed by atoms with Crippen LogP contribution < -0.4 is 5.56 Å². The topological polar surface area (TPSA) is 49.0 Å². The van der Waals surface area contributed by atoms with Gasteiger partial charge in [-0.2, -0.15) is 13.2 Å². The maximum absolute atomic E-state index is 13.7. The van der Waals surface area contributed by atoms with Crippen LogP contribution in [0.5, 0.6) is 0 Å². The second-order valence-corrected chi connectivity index (χ2v) is 5.50. The molecular formula is C15H12F5N3O. The van der Waals surface area contributed by atoms with Gasteiger partial charge in [0.2, 0.25) is 5.82 Å². The average molecular weight is 345 g/mol. The summed E-state index contributed by atoms with van der Waals surface area (Å²) in [6, 6.07) is 3.49. The molecule has 128 valence electrons. The van der Waals surface area contributed by atoms with E-state index >= 15 is 0 Å². The molecule has 0 fully saturated rings. The smallest absolute Gasteiger partial charge is 0.303 e. The Hall–Kier alpha value is -2.29. The number of nitrogens with one attached hydrogen (secondary N) is 1. The molecule has 0 radical (unpaired) electrons. The third-order valence-corrected chi connectivity index (χ3v) is 3.86. The van der Waals surface area contributed by atoms with Gasteiger partial charge in [0.15, 0.2) is 0 Å². The first-order valence-corrected chi connectivity index (χ1v) is 7.10. The predicted octanol–water partition coefficient (Wildman–Crippen LogP) is 2.63. The summed E-state index contributed by atoms with van der Waals surface area (Å²) in [4.78, 5) is 18.7. The van der Waals surface area contributed by atoms with Crippen molar-refractivity contribution >= 4 is 0 Å². The third kappa shape index (κ3) is 3.16. The number of fused-ring (bicyclic) bond motifs is 1. The molecular weight excluding hydrogens is 333 g/mol. The molecule has 9 heteroatoms. The number of benzene rings is 1. The molecule has 2 heterocycles. The number of hydrogen-bond donors (Lipinski definition) is 1. The van der Waals surface area contributed by atoms with Crippen LogP contribution in [-0.2, 0) is 25.7 Å². The Kier molecular flexibility index (Phi) is 4.12. The summed E-state index contributed by atoms with van der Waals surface area (Å²) < 4.78 is 65.4. The molecule has 0 amide bonds. The lowest BCUT2D eigenvalue weighted by Gasteiger charge is -2.28. The average Bonchev–Trinajstić information content (AvgIpc) is 2.50. The third-order valence-electron chi connectivity index (χ3n) is 3.86. The van der Waals surface area contributed by atoms with E-state index in [2.05, 4.69) is 4.98 Å². The van der Waals surface area contributed by atoms with Crippen LogP contribution in [0.1, 0.15) is 22.6 Å². The standard InChI is InChI=1S/C15H12F5N3O/c16-10-2-1-3-11(17)8(10)6-23-5-4-12-9(7-23)13(24)22-14(21-12)15(18,19)20/h1-3H,4-7H2,(H,21,22,24). The Balaban J connectivity index is 1.86. The van der Waals surface area contributed by atoms with Crippen molar-refractivity contribution in [2.75, 3.05) is 6.54 Å². The minimum atomic E-state index is -4.73. The number of alkyl halides is 3. The van der Waals surface area contributed by atoms with E-state index in [1.165, 1.54) is 6.07 Å². The summed E-state index contributed by atoms with van der Waals surface area (Å²) in [6.45, 7) is 0.135. The van der Waals surface area contributed by atoms with E-state index in [0.29, 0.717) is 0 Å². The lowest BCUT2D eigenvalue weighted by Crippen LogP contribution is -2.37. The van der Waals surface area contributed by atoms with Gasteiger partial charge in [0, 0.05) is 31.6 Å². The zero-order chi connectivity index (χ0) is 17.5. The Labute approximate surface area is 132 Å². The monoisotopic (exact) mass is 345 g/mol. The molecule has 3 rings (SSSR count). The van der Waals surface area contributed by atoms with E-state index in [1.807, 2.05) is 0 Å². The van der Waals surface area contributed by atoms with Gasteiger partial charge >= 0.3 is 6.18 Å². The number of hydrogen-bond acceptors (Lipinski definition) is 3. The molecule has 0 atom stereocenters. The van der Waals surface area contributed by atoms with Crippen molar-refractivity contribution in [1.82, 2.24) is 14.9 Å². The molecule has 0 saturated heterocycles. The first-order chi connectivity index (χ1) is 11.3. The number of aromatic amines is 1. The number of rotatable bonds is 2. The van der Waals surface area contributed by atoms with Gasteiger partial charge in [0.1, 0.15) is 11.6 Å². The highest BCUT2D eigenvalue weighted by Gasteiger charge is 2.36. The lowest BCUT2D eigenvalue weighted by atomic mass is 10.1. The summed E-state index contributed by atoms with van der Waals surface area (Å²) in [5.41, 5.74) is -0.870. The van der Waals surface area contributed by atoms with Crippen LogP contribution in [0.25, 0.3) is 0 Å². The van der Waals surface area contributed by atoms with Crippen molar-refractivity contribution in [2.45, 2.75) is 25.7 Å². The van der Waals surface area contributed by atoms with Crippen LogP contribution >= 0.6 is 0 Å². The quantitative estimate of drug-likeness (QED) is 0.852. The Bertz CT molecular complexity index is 811. The second kappa shape index (κ2) is 5.97. The molecule has 1 N–H and O–H groups in total. The van der Waals surface area contributed by atoms with Crippen molar-refractivity contribution in [3.8, 4) is 0 Å². The van der Waals surface area contributed by atoms with Gasteiger partial charge in [-0.25, -0.2) is 13.8 Å². The molecule has 1 aromatic carbocycles. The van der Waals surface area contributed by atoms with Crippen LogP contribution in [-0.4, -0.2) is 21.4 Å². The highest BCUT2D eigenvalue weighted by molar-refractivity contribution is 5.23. The highest BCUT2D eigenvalue weighted by atomic mass is 19.4. The molecule has 1 aliphatic heterocycles. The fraction of sp³-hybridized carbons (Fsp3) is 0.333. The molecule has 0 aliphatic carbocycles. The first-order valence-electron chi connectivity index (χ1n) is 7.10. The molecule has 0 saturated carbocycles. The van der Waals surface area contributed by atoms with E-state index in [9.17, 15) is 26.7 Å². The Morgan fingerprint density at radius 2 is 1.88 bits per heavy atom. The first kappa shape index (κ1) is 16.6. The van der Waals surface area contributed by atoms with Crippen molar-refractivity contribution < 1.29 is 22.0 Å². The normalized spacial score (nSPS) is 15.4. The fourth-order valence-electron chi connectivity index (χ4n) is 2.66. The summed E-state index contributed by atoms with van der Waals surface area (Å²) >= 11 is 0. The van der Waals surface area contributed by atoms with E-state index in [-0.39, 0.29) is 42.9 Å². The van der Waals surface area contributed by atoms with Gasteiger partial charge in [-0.1, -0.05) is 6.07 Å². The number of nitrogens with zero attached hydrogens (tertiary/aromatic N) is 2. The van der Waals surface area contributed by atoms with Crippen LogP contribution in [0.2, 0.25) is 0 Å². The fourth-order valence-corrected chi connectivity index (χ4v) is 2.66. The molecule has 4 nitrogen and oxygen atoms in total. The van der Waals surface area contributed by atoms with E-state index < -0.39 is 29.2 Å². The van der Waals surface area contributed by atoms with Gasteiger partial charge in [-0.05, 0) is 12.1 Å². The minimum absolute atomic E-state index is 0.0242. The zero-order valence-corrected chi connectivity index (χ0v) is 12.3. The maximum atomic E-state index is 13.7. The van der Waals surface area contributed by atoms with E-state index in [4.69, 9.17) is 0 Å². The molecule has 1 aliphatic rings. The van der Waals surface area contributed by atoms with Gasteiger partial charge in [-0.15, -0.1) is 0 Å². The number of halogens is 5. The van der Waals surface area contributed by atoms with Crippen molar-refractivity contribution in [1.29, 1.82) is 0 Å². The molecule has 0 unspecified atom stereocenters. The van der Waals surface area contributed by atoms with E-state index in [1.54, 1.807) is 9.88 Å². The minimum Gasteiger partial charge on any atom is -0.303 e. The van der Waals surface area contributed by atoms with Crippen molar-refractivity contribution in [2.24, 2.45) is 0 Å². The summed E-state index contributed by atoms with van der Waals surface area (Å²) in [5, 5.41) is 0. The van der Waals surface area contributed by atoms with Gasteiger partial charge in [0.25, 0.3) is 5.56 Å². The number of aromatic nitrogens is 2. The molecule has 24 heavy (non-hydrogen) atoms. The van der Waals surface area contributed by atoms with Crippen molar-refractivity contribution in [3.05, 3.63) is 62.8 Å². The summed E-state index contributed by atoms with van der Waals surface area (Å²) in [6.07, 6.45) is -4.64. The number of H-pyrrole nitrogens is 1. The Morgan fingerprint density at radius 3 is 2.50 bits per heavy atom. The second-order valence-electron chi connectivity index (χ2n) is 5.50. The van der Waals surface area contributed by atoms with E-state index in [0.717, 1.165) is 12.1 Å². The lowest BCUT2D eigenvalue weighted by molar-refractivity contribution is -0.145.